The number of carbonyl (C=O) groups excluding carboxylic acids is 1. The van der Waals surface area contributed by atoms with E-state index >= 15 is 0 Å². The normalized spacial score (nSPS) is 11.7. The van der Waals surface area contributed by atoms with Crippen LogP contribution in [0.2, 0.25) is 5.02 Å². The lowest BCUT2D eigenvalue weighted by atomic mass is 10.2. The van der Waals surface area contributed by atoms with Crippen LogP contribution in [-0.4, -0.2) is 19.1 Å². The minimum Gasteiger partial charge on any atom is -0.497 e. The van der Waals surface area contributed by atoms with E-state index in [4.69, 9.17) is 21.1 Å². The largest absolute Gasteiger partial charge is 0.497 e. The van der Waals surface area contributed by atoms with Crippen LogP contribution < -0.4 is 14.8 Å². The molecule has 122 valence electrons. The number of carbonyl (C=O) groups is 1. The molecule has 0 aliphatic heterocycles. The van der Waals surface area contributed by atoms with Gasteiger partial charge in [0.1, 0.15) is 17.3 Å². The Balaban J connectivity index is 2.03. The molecule has 23 heavy (non-hydrogen) atoms. The third-order valence-electron chi connectivity index (χ3n) is 3.19. The molecule has 0 bridgehead atoms. The molecule has 2 aromatic carbocycles. The van der Waals surface area contributed by atoms with Crippen LogP contribution in [0.3, 0.4) is 0 Å². The molecule has 0 heterocycles. The van der Waals surface area contributed by atoms with E-state index < -0.39 is 11.9 Å². The zero-order valence-electron chi connectivity index (χ0n) is 12.8. The topological polar surface area (TPSA) is 47.6 Å². The van der Waals surface area contributed by atoms with Crippen molar-refractivity contribution in [3.63, 3.8) is 0 Å². The molecule has 1 atom stereocenters. The van der Waals surface area contributed by atoms with Gasteiger partial charge >= 0.3 is 0 Å². The van der Waals surface area contributed by atoms with Gasteiger partial charge in [0.2, 0.25) is 0 Å². The summed E-state index contributed by atoms with van der Waals surface area (Å²) in [6, 6.07) is 10.9. The molecule has 0 aliphatic rings. The first kappa shape index (κ1) is 17.1. The summed E-state index contributed by atoms with van der Waals surface area (Å²) >= 11 is 5.70. The van der Waals surface area contributed by atoms with Crippen molar-refractivity contribution in [1.29, 1.82) is 0 Å². The molecule has 0 spiro atoms. The van der Waals surface area contributed by atoms with Gasteiger partial charge in [-0.15, -0.1) is 0 Å². The van der Waals surface area contributed by atoms with Crippen LogP contribution in [0.5, 0.6) is 11.5 Å². The van der Waals surface area contributed by atoms with E-state index in [1.165, 1.54) is 18.2 Å². The van der Waals surface area contributed by atoms with Crippen LogP contribution >= 0.6 is 11.6 Å². The maximum atomic E-state index is 13.1. The Hall–Kier alpha value is -2.27. The van der Waals surface area contributed by atoms with Crippen LogP contribution in [0.1, 0.15) is 13.3 Å². The van der Waals surface area contributed by atoms with Crippen molar-refractivity contribution in [1.82, 2.24) is 0 Å². The molecule has 1 amide bonds. The first-order valence-electron chi connectivity index (χ1n) is 7.10. The smallest absolute Gasteiger partial charge is 0.265 e. The summed E-state index contributed by atoms with van der Waals surface area (Å²) < 4.78 is 23.9. The van der Waals surface area contributed by atoms with E-state index in [0.29, 0.717) is 23.6 Å². The Kier molecular flexibility index (Phi) is 5.82. The van der Waals surface area contributed by atoms with Crippen molar-refractivity contribution in [2.24, 2.45) is 0 Å². The number of amides is 1. The first-order chi connectivity index (χ1) is 11.0. The second-order valence-electron chi connectivity index (χ2n) is 4.81. The third kappa shape index (κ3) is 4.60. The fourth-order valence-electron chi connectivity index (χ4n) is 1.94. The lowest BCUT2D eigenvalue weighted by Gasteiger charge is -2.17. The summed E-state index contributed by atoms with van der Waals surface area (Å²) in [6.45, 7) is 1.84. The van der Waals surface area contributed by atoms with Crippen LogP contribution in [0.15, 0.2) is 42.5 Å². The number of rotatable bonds is 6. The molecule has 0 saturated carbocycles. The SMILES string of the molecule is CCC(Oc1ccc(OC)cc1)C(=O)Nc1ccc(F)c(Cl)c1. The predicted molar refractivity (Wildman–Crippen MR) is 87.7 cm³/mol. The minimum absolute atomic E-state index is 0.0491. The molecule has 1 N–H and O–H groups in total. The maximum absolute atomic E-state index is 13.1. The molecule has 2 aromatic rings. The number of hydrogen-bond acceptors (Lipinski definition) is 3. The Morgan fingerprint density at radius 3 is 2.43 bits per heavy atom. The molecule has 1 unspecified atom stereocenters. The third-order valence-corrected chi connectivity index (χ3v) is 3.48. The summed E-state index contributed by atoms with van der Waals surface area (Å²) in [6.07, 6.45) is -0.195. The zero-order chi connectivity index (χ0) is 16.8. The number of benzene rings is 2. The van der Waals surface area contributed by atoms with Gasteiger partial charge in [0, 0.05) is 5.69 Å². The average molecular weight is 338 g/mol. The molecule has 0 aromatic heterocycles. The highest BCUT2D eigenvalue weighted by Crippen LogP contribution is 2.21. The molecule has 2 rings (SSSR count). The van der Waals surface area contributed by atoms with E-state index in [1.807, 2.05) is 6.92 Å². The van der Waals surface area contributed by atoms with E-state index in [-0.39, 0.29) is 10.9 Å². The molecule has 4 nitrogen and oxygen atoms in total. The number of methoxy groups -OCH3 is 1. The Morgan fingerprint density at radius 2 is 1.87 bits per heavy atom. The summed E-state index contributed by atoms with van der Waals surface area (Å²) in [7, 11) is 1.58. The highest BCUT2D eigenvalue weighted by molar-refractivity contribution is 6.31. The van der Waals surface area contributed by atoms with E-state index in [9.17, 15) is 9.18 Å². The molecule has 6 heteroatoms. The van der Waals surface area contributed by atoms with Crippen molar-refractivity contribution < 1.29 is 18.7 Å². The minimum atomic E-state index is -0.674. The zero-order valence-corrected chi connectivity index (χ0v) is 13.6. The van der Waals surface area contributed by atoms with Gasteiger partial charge in [-0.3, -0.25) is 4.79 Å². The summed E-state index contributed by atoms with van der Waals surface area (Å²) in [4.78, 5) is 12.3. The summed E-state index contributed by atoms with van der Waals surface area (Å²) in [5, 5.41) is 2.61. The summed E-state index contributed by atoms with van der Waals surface area (Å²) in [5.41, 5.74) is 0.415. The highest BCUT2D eigenvalue weighted by atomic mass is 35.5. The lowest BCUT2D eigenvalue weighted by Crippen LogP contribution is -2.32. The Morgan fingerprint density at radius 1 is 1.22 bits per heavy atom. The van der Waals surface area contributed by atoms with E-state index in [0.717, 1.165) is 0 Å². The van der Waals surface area contributed by atoms with E-state index in [2.05, 4.69) is 5.32 Å². The average Bonchev–Trinajstić information content (AvgIpc) is 2.56. The molecule has 0 aliphatic carbocycles. The van der Waals surface area contributed by atoms with Crippen LogP contribution in [0, 0.1) is 5.82 Å². The van der Waals surface area contributed by atoms with Gasteiger partial charge in [0.25, 0.3) is 5.91 Å². The second kappa shape index (κ2) is 7.83. The standard InChI is InChI=1S/C17H17ClFNO3/c1-3-16(23-13-7-5-12(22-2)6-8-13)17(21)20-11-4-9-15(19)14(18)10-11/h4-10,16H,3H2,1-2H3,(H,20,21). The molecular weight excluding hydrogens is 321 g/mol. The lowest BCUT2D eigenvalue weighted by molar-refractivity contribution is -0.122. The van der Waals surface area contributed by atoms with Crippen LogP contribution in [0.25, 0.3) is 0 Å². The van der Waals surface area contributed by atoms with Gasteiger partial charge < -0.3 is 14.8 Å². The second-order valence-corrected chi connectivity index (χ2v) is 5.22. The van der Waals surface area contributed by atoms with Crippen LogP contribution in [0.4, 0.5) is 10.1 Å². The Bertz CT molecular complexity index is 676. The first-order valence-corrected chi connectivity index (χ1v) is 7.48. The fraction of sp³-hybridized carbons (Fsp3) is 0.235. The molecule has 0 radical (unpaired) electrons. The number of anilines is 1. The summed E-state index contributed by atoms with van der Waals surface area (Å²) in [5.74, 6) is 0.401. The van der Waals surface area contributed by atoms with Gasteiger partial charge in [-0.1, -0.05) is 18.5 Å². The molecule has 0 saturated heterocycles. The number of ether oxygens (including phenoxy) is 2. The fourth-order valence-corrected chi connectivity index (χ4v) is 2.12. The van der Waals surface area contributed by atoms with Gasteiger partial charge in [-0.05, 0) is 48.9 Å². The number of halogens is 2. The van der Waals surface area contributed by atoms with Crippen molar-refractivity contribution in [3.05, 3.63) is 53.3 Å². The number of nitrogens with one attached hydrogen (secondary N) is 1. The van der Waals surface area contributed by atoms with Crippen molar-refractivity contribution >= 4 is 23.2 Å². The molecular formula is C17H17ClFNO3. The van der Waals surface area contributed by atoms with Gasteiger partial charge in [0.15, 0.2) is 6.10 Å². The highest BCUT2D eigenvalue weighted by Gasteiger charge is 2.19. The van der Waals surface area contributed by atoms with Crippen molar-refractivity contribution in [2.75, 3.05) is 12.4 Å². The van der Waals surface area contributed by atoms with Crippen LogP contribution in [-0.2, 0) is 4.79 Å². The monoisotopic (exact) mass is 337 g/mol. The Labute approximate surface area is 139 Å². The van der Waals surface area contributed by atoms with Gasteiger partial charge in [-0.2, -0.15) is 0 Å². The van der Waals surface area contributed by atoms with Gasteiger partial charge in [-0.25, -0.2) is 4.39 Å². The number of hydrogen-bond donors (Lipinski definition) is 1. The van der Waals surface area contributed by atoms with Gasteiger partial charge in [0.05, 0.1) is 12.1 Å². The quantitative estimate of drug-likeness (QED) is 0.855. The molecule has 0 fully saturated rings. The predicted octanol–water partition coefficient (Wildman–Crippen LogP) is 4.28. The van der Waals surface area contributed by atoms with E-state index in [1.54, 1.807) is 31.4 Å². The van der Waals surface area contributed by atoms with Crippen molar-refractivity contribution in [2.45, 2.75) is 19.4 Å². The maximum Gasteiger partial charge on any atom is 0.265 e. The van der Waals surface area contributed by atoms with Crippen molar-refractivity contribution in [3.8, 4) is 11.5 Å².